The van der Waals surface area contributed by atoms with Gasteiger partial charge >= 0.3 is 13.8 Å². The van der Waals surface area contributed by atoms with Crippen molar-refractivity contribution in [3.8, 4) is 0 Å². The zero-order valence-electron chi connectivity index (χ0n) is 40.9. The van der Waals surface area contributed by atoms with E-state index in [-0.39, 0.29) is 25.8 Å². The number of rotatable bonds is 48. The van der Waals surface area contributed by atoms with Crippen LogP contribution in [0.15, 0.2) is 36.5 Å². The molecule has 0 radical (unpaired) electrons. The molecule has 0 aromatic carbocycles. The maximum Gasteiger partial charge on any atom is 0.472 e. The molecule has 9 heteroatoms. The molecule has 0 aromatic rings. The Morgan fingerprint density at radius 1 is 0.508 bits per heavy atom. The van der Waals surface area contributed by atoms with Gasteiger partial charge in [-0.25, -0.2) is 4.57 Å². The monoisotopic (exact) mass is 883 g/mol. The number of phosphoric ester groups is 1. The number of likely N-dealkylation sites (N-methyl/N-ethyl adjacent to an activating group) is 1. The highest BCUT2D eigenvalue weighted by atomic mass is 31.2. The van der Waals surface area contributed by atoms with Crippen LogP contribution in [-0.4, -0.2) is 75.6 Å². The van der Waals surface area contributed by atoms with Gasteiger partial charge in [0.25, 0.3) is 0 Å². The van der Waals surface area contributed by atoms with Crippen molar-refractivity contribution in [2.24, 2.45) is 0 Å². The van der Waals surface area contributed by atoms with E-state index < -0.39 is 13.9 Å². The zero-order chi connectivity index (χ0) is 44.8. The Morgan fingerprint density at radius 2 is 0.902 bits per heavy atom. The first-order valence-electron chi connectivity index (χ1n) is 25.7. The summed E-state index contributed by atoms with van der Waals surface area (Å²) in [7, 11) is 1.67. The lowest BCUT2D eigenvalue weighted by atomic mass is 10.1. The van der Waals surface area contributed by atoms with Crippen LogP contribution in [0, 0.1) is 0 Å². The number of carbonyl (C=O) groups excluding carboxylic acids is 1. The van der Waals surface area contributed by atoms with E-state index in [1.54, 1.807) is 0 Å². The van der Waals surface area contributed by atoms with Gasteiger partial charge in [-0.3, -0.25) is 13.8 Å². The molecular weight excluding hydrogens is 782 g/mol. The van der Waals surface area contributed by atoms with Crippen molar-refractivity contribution in [3.63, 3.8) is 0 Å². The van der Waals surface area contributed by atoms with Crippen LogP contribution in [0.4, 0.5) is 0 Å². The third-order valence-corrected chi connectivity index (χ3v) is 12.2. The summed E-state index contributed by atoms with van der Waals surface area (Å²) in [4.78, 5) is 23.0. The lowest BCUT2D eigenvalue weighted by Gasteiger charge is -2.24. The Bertz CT molecular complexity index is 1070. The number of allylic oxidation sites excluding steroid dienone is 6. The van der Waals surface area contributed by atoms with Crippen LogP contribution >= 0.6 is 7.82 Å². The van der Waals surface area contributed by atoms with Crippen molar-refractivity contribution in [2.45, 2.75) is 238 Å². The van der Waals surface area contributed by atoms with Crippen LogP contribution in [0.25, 0.3) is 0 Å². The number of ether oxygens (including phenoxy) is 2. The molecule has 0 spiro atoms. The van der Waals surface area contributed by atoms with E-state index in [1.165, 1.54) is 173 Å². The van der Waals surface area contributed by atoms with Crippen LogP contribution in [0.1, 0.15) is 232 Å². The maximum atomic E-state index is 12.8. The molecule has 1 N–H and O–H groups in total. The van der Waals surface area contributed by atoms with Crippen molar-refractivity contribution in [1.29, 1.82) is 0 Å². The highest BCUT2D eigenvalue weighted by Crippen LogP contribution is 2.43. The molecule has 0 saturated carbocycles. The van der Waals surface area contributed by atoms with E-state index in [0.717, 1.165) is 38.5 Å². The van der Waals surface area contributed by atoms with Crippen LogP contribution in [0.3, 0.4) is 0 Å². The third kappa shape index (κ3) is 49.6. The van der Waals surface area contributed by atoms with Crippen LogP contribution in [0.2, 0.25) is 0 Å². The molecule has 61 heavy (non-hydrogen) atoms. The summed E-state index contributed by atoms with van der Waals surface area (Å²) in [6.45, 7) is 5.62. The maximum absolute atomic E-state index is 12.8. The molecule has 2 unspecified atom stereocenters. The van der Waals surface area contributed by atoms with Crippen LogP contribution in [0.5, 0.6) is 0 Å². The van der Waals surface area contributed by atoms with Crippen molar-refractivity contribution < 1.29 is 37.3 Å². The van der Waals surface area contributed by atoms with Gasteiger partial charge in [-0.15, -0.1) is 0 Å². The summed E-state index contributed by atoms with van der Waals surface area (Å²) in [6, 6.07) is 0. The molecule has 0 fully saturated rings. The lowest BCUT2D eigenvalue weighted by Crippen LogP contribution is -2.37. The number of hydrogen-bond acceptors (Lipinski definition) is 6. The molecule has 0 aliphatic heterocycles. The molecule has 0 amide bonds. The van der Waals surface area contributed by atoms with Crippen LogP contribution < -0.4 is 0 Å². The van der Waals surface area contributed by atoms with E-state index in [0.29, 0.717) is 24.1 Å². The number of phosphoric acid groups is 1. The lowest BCUT2D eigenvalue weighted by molar-refractivity contribution is -0.870. The van der Waals surface area contributed by atoms with Gasteiger partial charge in [0.15, 0.2) is 0 Å². The molecule has 2 atom stereocenters. The first kappa shape index (κ1) is 59.7. The minimum atomic E-state index is -4.28. The molecule has 0 aliphatic rings. The fraction of sp³-hybridized carbons (Fsp3) is 0.865. The fourth-order valence-electron chi connectivity index (χ4n) is 7.17. The summed E-state index contributed by atoms with van der Waals surface area (Å²) in [5.41, 5.74) is 0. The first-order valence-corrected chi connectivity index (χ1v) is 27.2. The standard InChI is InChI=1S/C52H100NO7P/c1-6-8-10-12-14-16-18-20-22-24-26-28-30-32-34-36-38-40-42-44-47-57-49-51(50-59-61(55,56)58-48-46-53(3,4)5)60-52(54)45-43-41-39-37-35-33-31-29-27-25-23-21-19-17-15-13-11-9-7-2/h15,17,20-23,51H,6-14,16,18-19,24-50H2,1-5H3/p+1/b17-15-,22-20-,23-21-. The molecule has 0 rings (SSSR count). The largest absolute Gasteiger partial charge is 0.472 e. The van der Waals surface area contributed by atoms with Gasteiger partial charge in [-0.2, -0.15) is 0 Å². The number of esters is 1. The molecule has 0 aliphatic carbocycles. The molecule has 0 bridgehead atoms. The first-order chi connectivity index (χ1) is 29.6. The normalized spacial score (nSPS) is 13.9. The van der Waals surface area contributed by atoms with E-state index in [1.807, 2.05) is 21.1 Å². The van der Waals surface area contributed by atoms with Crippen molar-refractivity contribution in [2.75, 3.05) is 54.1 Å². The summed E-state index contributed by atoms with van der Waals surface area (Å²) >= 11 is 0. The van der Waals surface area contributed by atoms with Gasteiger partial charge in [0.1, 0.15) is 19.3 Å². The average molecular weight is 883 g/mol. The predicted molar refractivity (Wildman–Crippen MR) is 261 cm³/mol. The van der Waals surface area contributed by atoms with E-state index in [2.05, 4.69) is 50.3 Å². The quantitative estimate of drug-likeness (QED) is 0.0214. The van der Waals surface area contributed by atoms with Crippen molar-refractivity contribution in [1.82, 2.24) is 0 Å². The summed E-state index contributed by atoms with van der Waals surface area (Å²) < 4.78 is 35.2. The summed E-state index contributed by atoms with van der Waals surface area (Å²) in [6.07, 6.45) is 54.7. The molecule has 0 saturated heterocycles. The van der Waals surface area contributed by atoms with Crippen molar-refractivity contribution >= 4 is 13.8 Å². The minimum absolute atomic E-state index is 0.0880. The van der Waals surface area contributed by atoms with Gasteiger partial charge in [0.2, 0.25) is 0 Å². The fourth-order valence-corrected chi connectivity index (χ4v) is 7.91. The third-order valence-electron chi connectivity index (χ3n) is 11.2. The van der Waals surface area contributed by atoms with E-state index >= 15 is 0 Å². The van der Waals surface area contributed by atoms with Crippen LogP contribution in [-0.2, 0) is 27.9 Å². The Hall–Kier alpha value is -1.28. The number of unbranched alkanes of at least 4 members (excludes halogenated alkanes) is 28. The topological polar surface area (TPSA) is 91.3 Å². The van der Waals surface area contributed by atoms with E-state index in [4.69, 9.17) is 18.5 Å². The van der Waals surface area contributed by atoms with Gasteiger partial charge in [0.05, 0.1) is 34.4 Å². The molecule has 360 valence electrons. The van der Waals surface area contributed by atoms with Gasteiger partial charge in [0, 0.05) is 13.0 Å². The second-order valence-corrected chi connectivity index (χ2v) is 20.0. The summed E-state index contributed by atoms with van der Waals surface area (Å²) in [5, 5.41) is 0. The van der Waals surface area contributed by atoms with E-state index in [9.17, 15) is 14.3 Å². The molecular formula is C52H101NO7P+. The molecule has 0 aromatic heterocycles. The Labute approximate surface area is 378 Å². The minimum Gasteiger partial charge on any atom is -0.457 e. The smallest absolute Gasteiger partial charge is 0.457 e. The number of hydrogen-bond donors (Lipinski definition) is 1. The second-order valence-electron chi connectivity index (χ2n) is 18.5. The highest BCUT2D eigenvalue weighted by Gasteiger charge is 2.26. The Kier molecular flexibility index (Phi) is 44.3. The molecule has 0 heterocycles. The second kappa shape index (κ2) is 45.3. The Balaban J connectivity index is 4.14. The molecule has 8 nitrogen and oxygen atoms in total. The SMILES string of the molecule is CCCCC/C=C\C/C=C\CCCCCCCCCCCC(=O)OC(COCCCCCCCCCCCC/C=C\CCCCCCCC)COP(=O)(O)OCC[N+](C)(C)C. The highest BCUT2D eigenvalue weighted by molar-refractivity contribution is 7.47. The Morgan fingerprint density at radius 3 is 1.38 bits per heavy atom. The zero-order valence-corrected chi connectivity index (χ0v) is 41.8. The average Bonchev–Trinajstić information content (AvgIpc) is 3.22. The number of carbonyl (C=O) groups is 1. The predicted octanol–water partition coefficient (Wildman–Crippen LogP) is 15.7. The van der Waals surface area contributed by atoms with Crippen molar-refractivity contribution in [3.05, 3.63) is 36.5 Å². The van der Waals surface area contributed by atoms with Gasteiger partial charge < -0.3 is 18.9 Å². The number of nitrogens with zero attached hydrogens (tertiary/aromatic N) is 1. The summed E-state index contributed by atoms with van der Waals surface area (Å²) in [5.74, 6) is -0.316. The van der Waals surface area contributed by atoms with Gasteiger partial charge in [-0.1, -0.05) is 192 Å². The number of quaternary nitrogens is 1. The van der Waals surface area contributed by atoms with Gasteiger partial charge in [-0.05, 0) is 70.6 Å².